The lowest BCUT2D eigenvalue weighted by atomic mass is 10.3. The second-order valence-corrected chi connectivity index (χ2v) is 2.36. The zero-order chi connectivity index (χ0) is 10.1. The molecule has 13 heavy (non-hydrogen) atoms. The summed E-state index contributed by atoms with van der Waals surface area (Å²) >= 11 is 0. The summed E-state index contributed by atoms with van der Waals surface area (Å²) in [5.41, 5.74) is 0. The number of allylic oxidation sites excluding steroid dienone is 1. The minimum absolute atomic E-state index is 0.377. The van der Waals surface area contributed by atoms with Crippen LogP contribution in [0.3, 0.4) is 0 Å². The van der Waals surface area contributed by atoms with Gasteiger partial charge in [0, 0.05) is 12.4 Å². The van der Waals surface area contributed by atoms with Gasteiger partial charge in [-0.15, -0.1) is 0 Å². The number of carbonyl (C=O) groups excluding carboxylic acids is 1. The molecule has 0 rings (SSSR count). The molecule has 0 heterocycles. The van der Waals surface area contributed by atoms with Crippen molar-refractivity contribution in [1.82, 2.24) is 10.2 Å². The zero-order valence-corrected chi connectivity index (χ0v) is 7.79. The molecular formula is C9H15N3O. The Kier molecular flexibility index (Phi) is 6.23. The molecule has 0 fully saturated rings. The van der Waals surface area contributed by atoms with E-state index in [1.54, 1.807) is 6.20 Å². The first kappa shape index (κ1) is 11.4. The normalized spacial score (nSPS) is 9.62. The van der Waals surface area contributed by atoms with Crippen LogP contribution in [0.4, 0.5) is 4.79 Å². The quantitative estimate of drug-likeness (QED) is 0.495. The molecule has 72 valence electrons. The van der Waals surface area contributed by atoms with Gasteiger partial charge in [-0.25, -0.2) is 4.79 Å². The number of nitrogens with one attached hydrogen (secondary N) is 2. The first-order valence-corrected chi connectivity index (χ1v) is 4.13. The van der Waals surface area contributed by atoms with Gasteiger partial charge < -0.3 is 0 Å². The van der Waals surface area contributed by atoms with Crippen molar-refractivity contribution in [1.29, 1.82) is 5.41 Å². The number of nitrogens with zero attached hydrogens (tertiary/aromatic N) is 1. The van der Waals surface area contributed by atoms with Gasteiger partial charge in [-0.3, -0.25) is 15.6 Å². The topological polar surface area (TPSA) is 56.2 Å². The second-order valence-electron chi connectivity index (χ2n) is 2.36. The zero-order valence-electron chi connectivity index (χ0n) is 7.79. The van der Waals surface area contributed by atoms with Crippen LogP contribution in [0.15, 0.2) is 25.1 Å². The molecule has 0 saturated carbocycles. The SMILES string of the molecule is C=CN(/C=C\CCC)C(=O)NC=N. The highest BCUT2D eigenvalue weighted by atomic mass is 16.2. The van der Waals surface area contributed by atoms with E-state index in [1.807, 2.05) is 6.08 Å². The van der Waals surface area contributed by atoms with Crippen molar-refractivity contribution in [2.45, 2.75) is 19.8 Å². The lowest BCUT2D eigenvalue weighted by Gasteiger charge is -2.11. The lowest BCUT2D eigenvalue weighted by Crippen LogP contribution is -2.31. The standard InChI is InChI=1S/C9H15N3O/c1-3-5-6-7-12(4-2)9(13)11-8-10/h4,6-8H,2-3,5H2,1H3,(H2,10,11,13)/b7-6-. The van der Waals surface area contributed by atoms with Crippen molar-refractivity contribution < 1.29 is 4.79 Å². The third kappa shape index (κ3) is 4.79. The van der Waals surface area contributed by atoms with Gasteiger partial charge in [0.2, 0.25) is 0 Å². The Morgan fingerprint density at radius 2 is 2.38 bits per heavy atom. The van der Waals surface area contributed by atoms with E-state index in [9.17, 15) is 4.79 Å². The smallest absolute Gasteiger partial charge is 0.298 e. The summed E-state index contributed by atoms with van der Waals surface area (Å²) in [6.45, 7) is 5.54. The van der Waals surface area contributed by atoms with Crippen LogP contribution in [0.2, 0.25) is 0 Å². The Hall–Kier alpha value is -1.58. The number of hydrogen-bond donors (Lipinski definition) is 2. The number of unbranched alkanes of at least 4 members (excludes halogenated alkanes) is 1. The van der Waals surface area contributed by atoms with Crippen LogP contribution in [0.1, 0.15) is 19.8 Å². The van der Waals surface area contributed by atoms with Gasteiger partial charge in [-0.05, 0) is 6.42 Å². The van der Waals surface area contributed by atoms with Crippen molar-refractivity contribution >= 4 is 12.4 Å². The summed E-state index contributed by atoms with van der Waals surface area (Å²) in [5, 5.41) is 8.90. The molecule has 0 aliphatic carbocycles. The van der Waals surface area contributed by atoms with E-state index < -0.39 is 0 Å². The Bertz CT molecular complexity index is 211. The van der Waals surface area contributed by atoms with Gasteiger partial charge in [-0.1, -0.05) is 26.0 Å². The summed E-state index contributed by atoms with van der Waals surface area (Å²) in [7, 11) is 0. The molecule has 0 aromatic carbocycles. The molecule has 4 heteroatoms. The van der Waals surface area contributed by atoms with E-state index in [-0.39, 0.29) is 6.03 Å². The average molecular weight is 181 g/mol. The van der Waals surface area contributed by atoms with E-state index in [0.717, 1.165) is 19.2 Å². The monoisotopic (exact) mass is 181 g/mol. The van der Waals surface area contributed by atoms with Crippen LogP contribution in [0.5, 0.6) is 0 Å². The molecule has 4 nitrogen and oxygen atoms in total. The van der Waals surface area contributed by atoms with Crippen LogP contribution in [0, 0.1) is 5.41 Å². The maximum atomic E-state index is 11.1. The van der Waals surface area contributed by atoms with E-state index in [2.05, 4.69) is 18.8 Å². The minimum atomic E-state index is -0.377. The molecule has 0 aromatic rings. The van der Waals surface area contributed by atoms with Crippen molar-refractivity contribution in [2.24, 2.45) is 0 Å². The summed E-state index contributed by atoms with van der Waals surface area (Å²) in [6, 6.07) is -0.377. The minimum Gasteiger partial charge on any atom is -0.298 e. The summed E-state index contributed by atoms with van der Waals surface area (Å²) in [4.78, 5) is 12.4. The second kappa shape index (κ2) is 7.09. The molecule has 2 amide bonds. The average Bonchev–Trinajstić information content (AvgIpc) is 2.13. The fourth-order valence-corrected chi connectivity index (χ4v) is 0.703. The third-order valence-corrected chi connectivity index (χ3v) is 1.35. The maximum absolute atomic E-state index is 11.1. The molecule has 0 spiro atoms. The predicted octanol–water partition coefficient (Wildman–Crippen LogP) is 2.06. The molecule has 0 bridgehead atoms. The maximum Gasteiger partial charge on any atom is 0.330 e. The molecular weight excluding hydrogens is 166 g/mol. The van der Waals surface area contributed by atoms with Gasteiger partial charge >= 0.3 is 6.03 Å². The number of rotatable bonds is 5. The van der Waals surface area contributed by atoms with Crippen LogP contribution < -0.4 is 5.32 Å². The van der Waals surface area contributed by atoms with Gasteiger partial charge in [0.05, 0.1) is 6.34 Å². The van der Waals surface area contributed by atoms with Gasteiger partial charge in [0.15, 0.2) is 0 Å². The Labute approximate surface area is 78.4 Å². The molecule has 2 N–H and O–H groups in total. The molecule has 0 atom stereocenters. The molecule has 0 aliphatic heterocycles. The molecule has 0 saturated heterocycles. The number of urea groups is 1. The Balaban J connectivity index is 4.08. The van der Waals surface area contributed by atoms with Crippen LogP contribution in [0.25, 0.3) is 0 Å². The summed E-state index contributed by atoms with van der Waals surface area (Å²) in [5.74, 6) is 0. The highest BCUT2D eigenvalue weighted by Crippen LogP contribution is 1.95. The fourth-order valence-electron chi connectivity index (χ4n) is 0.703. The van der Waals surface area contributed by atoms with E-state index in [0.29, 0.717) is 0 Å². The fraction of sp³-hybridized carbons (Fsp3) is 0.333. The van der Waals surface area contributed by atoms with Crippen LogP contribution in [-0.4, -0.2) is 17.3 Å². The van der Waals surface area contributed by atoms with Crippen LogP contribution in [-0.2, 0) is 0 Å². The predicted molar refractivity (Wildman–Crippen MR) is 53.4 cm³/mol. The largest absolute Gasteiger partial charge is 0.330 e. The third-order valence-electron chi connectivity index (χ3n) is 1.35. The highest BCUT2D eigenvalue weighted by molar-refractivity contribution is 5.86. The van der Waals surface area contributed by atoms with E-state index in [4.69, 9.17) is 5.41 Å². The Morgan fingerprint density at radius 3 is 2.85 bits per heavy atom. The number of amides is 2. The highest BCUT2D eigenvalue weighted by Gasteiger charge is 2.02. The lowest BCUT2D eigenvalue weighted by molar-refractivity contribution is 0.231. The molecule has 0 unspecified atom stereocenters. The van der Waals surface area contributed by atoms with Crippen molar-refractivity contribution in [2.75, 3.05) is 0 Å². The Morgan fingerprint density at radius 1 is 1.69 bits per heavy atom. The molecule has 0 radical (unpaired) electrons. The van der Waals surface area contributed by atoms with Gasteiger partial charge in [0.1, 0.15) is 0 Å². The first-order chi connectivity index (χ1) is 6.26. The summed E-state index contributed by atoms with van der Waals surface area (Å²) < 4.78 is 0. The van der Waals surface area contributed by atoms with Gasteiger partial charge in [-0.2, -0.15) is 0 Å². The van der Waals surface area contributed by atoms with Crippen molar-refractivity contribution in [3.8, 4) is 0 Å². The van der Waals surface area contributed by atoms with E-state index >= 15 is 0 Å². The molecule has 0 aromatic heterocycles. The number of hydrogen-bond acceptors (Lipinski definition) is 2. The van der Waals surface area contributed by atoms with Crippen molar-refractivity contribution in [3.63, 3.8) is 0 Å². The number of carbonyl (C=O) groups is 1. The van der Waals surface area contributed by atoms with E-state index in [1.165, 1.54) is 11.1 Å². The summed E-state index contributed by atoms with van der Waals surface area (Å²) in [6.07, 6.45) is 7.70. The van der Waals surface area contributed by atoms with Gasteiger partial charge in [0.25, 0.3) is 0 Å². The van der Waals surface area contributed by atoms with Crippen molar-refractivity contribution in [3.05, 3.63) is 25.1 Å². The molecule has 0 aliphatic rings. The van der Waals surface area contributed by atoms with Crippen LogP contribution >= 0.6 is 0 Å². The first-order valence-electron chi connectivity index (χ1n) is 4.13.